The van der Waals surface area contributed by atoms with Crippen molar-refractivity contribution >= 4 is 15.4 Å². The van der Waals surface area contributed by atoms with Crippen LogP contribution in [-0.4, -0.2) is 15.7 Å². The summed E-state index contributed by atoms with van der Waals surface area (Å²) in [5, 5.41) is 0. The van der Waals surface area contributed by atoms with Crippen molar-refractivity contribution < 1.29 is 4.21 Å². The number of benzene rings is 1. The lowest BCUT2D eigenvalue weighted by molar-refractivity contribution is 0.590. The van der Waals surface area contributed by atoms with Crippen LogP contribution in [0.3, 0.4) is 0 Å². The molecule has 0 saturated carbocycles. The quantitative estimate of drug-likeness (QED) is 0.735. The van der Waals surface area contributed by atoms with E-state index in [1.807, 2.05) is 12.1 Å². The lowest BCUT2D eigenvalue weighted by atomic mass is 9.87. The molecule has 16 heavy (non-hydrogen) atoms. The van der Waals surface area contributed by atoms with Crippen LogP contribution in [0.15, 0.2) is 28.6 Å². The van der Waals surface area contributed by atoms with Gasteiger partial charge in [0.1, 0.15) is 0 Å². The molecule has 1 heterocycles. The first kappa shape index (κ1) is 11.6. The highest BCUT2D eigenvalue weighted by molar-refractivity contribution is 7.95. The lowest BCUT2D eigenvalue weighted by Gasteiger charge is -2.20. The van der Waals surface area contributed by atoms with Crippen LogP contribution >= 0.6 is 0 Å². The predicted molar refractivity (Wildman–Crippen MR) is 69.7 cm³/mol. The van der Waals surface area contributed by atoms with E-state index in [1.165, 1.54) is 5.56 Å². The highest BCUT2D eigenvalue weighted by atomic mass is 32.2. The third-order valence-corrected chi connectivity index (χ3v) is 5.33. The summed E-state index contributed by atoms with van der Waals surface area (Å²) in [7, 11) is -1.87. The minimum Gasteiger partial charge on any atom is -0.249 e. The summed E-state index contributed by atoms with van der Waals surface area (Å²) in [6.45, 7) is 6.56. The van der Waals surface area contributed by atoms with Gasteiger partial charge in [0.05, 0.1) is 15.4 Å². The number of hydrogen-bond donors (Lipinski definition) is 0. The molecule has 0 unspecified atom stereocenters. The molecule has 0 aliphatic carbocycles. The van der Waals surface area contributed by atoms with E-state index in [1.54, 1.807) is 0 Å². The summed E-state index contributed by atoms with van der Waals surface area (Å²) in [6, 6.07) is 8.12. The van der Waals surface area contributed by atoms with Crippen LogP contribution in [0.25, 0.3) is 0 Å². The molecule has 3 heteroatoms. The van der Waals surface area contributed by atoms with Gasteiger partial charge in [-0.1, -0.05) is 32.9 Å². The fourth-order valence-electron chi connectivity index (χ4n) is 1.70. The maximum atomic E-state index is 11.9. The van der Waals surface area contributed by atoms with E-state index in [0.717, 1.165) is 23.6 Å². The second-order valence-electron chi connectivity index (χ2n) is 5.42. The molecule has 1 aliphatic heterocycles. The van der Waals surface area contributed by atoms with Gasteiger partial charge < -0.3 is 0 Å². The number of nitrogens with zero attached hydrogens (tertiary/aromatic N) is 1. The van der Waals surface area contributed by atoms with Crippen LogP contribution in [-0.2, 0) is 15.1 Å². The van der Waals surface area contributed by atoms with Gasteiger partial charge in [0.2, 0.25) is 0 Å². The SMILES string of the molecule is CC(C)(C)c1ccc(N=S2(=O)CCC2)cc1. The molecule has 0 aromatic heterocycles. The largest absolute Gasteiger partial charge is 0.249 e. The first-order valence-electron chi connectivity index (χ1n) is 5.72. The van der Waals surface area contributed by atoms with Crippen LogP contribution in [0.2, 0.25) is 0 Å². The fraction of sp³-hybridized carbons (Fsp3) is 0.538. The van der Waals surface area contributed by atoms with Gasteiger partial charge in [-0.3, -0.25) is 0 Å². The minimum atomic E-state index is -1.87. The smallest absolute Gasteiger partial charge is 0.0730 e. The molecule has 1 fully saturated rings. The average Bonchev–Trinajstić information content (AvgIpc) is 2.15. The molecular formula is C13H19NOS. The third-order valence-electron chi connectivity index (χ3n) is 2.93. The monoisotopic (exact) mass is 237 g/mol. The zero-order chi connectivity index (χ0) is 11.8. The molecule has 2 rings (SSSR count). The molecule has 2 nitrogen and oxygen atoms in total. The third kappa shape index (κ3) is 2.46. The summed E-state index contributed by atoms with van der Waals surface area (Å²) < 4.78 is 16.3. The molecule has 0 radical (unpaired) electrons. The van der Waals surface area contributed by atoms with Crippen molar-refractivity contribution in [3.05, 3.63) is 29.8 Å². The van der Waals surface area contributed by atoms with Crippen molar-refractivity contribution in [2.24, 2.45) is 4.36 Å². The molecule has 1 aliphatic rings. The van der Waals surface area contributed by atoms with Crippen molar-refractivity contribution in [2.45, 2.75) is 32.6 Å². The Labute approximate surface area is 98.3 Å². The molecule has 0 amide bonds. The van der Waals surface area contributed by atoms with E-state index in [9.17, 15) is 4.21 Å². The second kappa shape index (κ2) is 3.88. The summed E-state index contributed by atoms with van der Waals surface area (Å²) in [5.74, 6) is 1.54. The first-order chi connectivity index (χ1) is 7.39. The lowest BCUT2D eigenvalue weighted by Crippen LogP contribution is -2.22. The Morgan fingerprint density at radius 3 is 2.06 bits per heavy atom. The molecule has 0 spiro atoms. The van der Waals surface area contributed by atoms with Gasteiger partial charge in [0.25, 0.3) is 0 Å². The van der Waals surface area contributed by atoms with E-state index in [-0.39, 0.29) is 5.41 Å². The molecule has 1 aromatic rings. The van der Waals surface area contributed by atoms with Gasteiger partial charge in [0, 0.05) is 11.5 Å². The van der Waals surface area contributed by atoms with E-state index in [0.29, 0.717) is 0 Å². The predicted octanol–water partition coefficient (Wildman–Crippen LogP) is 3.49. The zero-order valence-corrected chi connectivity index (χ0v) is 11.0. The molecule has 0 atom stereocenters. The summed E-state index contributed by atoms with van der Waals surface area (Å²) in [5.41, 5.74) is 2.31. The van der Waals surface area contributed by atoms with Crippen LogP contribution < -0.4 is 0 Å². The molecular weight excluding hydrogens is 218 g/mol. The van der Waals surface area contributed by atoms with Gasteiger partial charge in [0.15, 0.2) is 0 Å². The van der Waals surface area contributed by atoms with Gasteiger partial charge >= 0.3 is 0 Å². The molecule has 88 valence electrons. The zero-order valence-electron chi connectivity index (χ0n) is 10.2. The Morgan fingerprint density at radius 2 is 1.69 bits per heavy atom. The first-order valence-corrected chi connectivity index (χ1v) is 7.57. The maximum absolute atomic E-state index is 11.9. The van der Waals surface area contributed by atoms with Gasteiger partial charge in [-0.15, -0.1) is 0 Å². The molecule has 1 saturated heterocycles. The van der Waals surface area contributed by atoms with Crippen molar-refractivity contribution in [3.8, 4) is 0 Å². The van der Waals surface area contributed by atoms with Gasteiger partial charge in [-0.25, -0.2) is 4.21 Å². The summed E-state index contributed by atoms with van der Waals surface area (Å²) in [6.07, 6.45) is 1.06. The second-order valence-corrected chi connectivity index (χ2v) is 7.97. The Morgan fingerprint density at radius 1 is 1.12 bits per heavy atom. The van der Waals surface area contributed by atoms with Crippen molar-refractivity contribution in [3.63, 3.8) is 0 Å². The minimum absolute atomic E-state index is 0.164. The molecule has 1 aromatic carbocycles. The summed E-state index contributed by atoms with van der Waals surface area (Å²) in [4.78, 5) is 0. The topological polar surface area (TPSA) is 29.4 Å². The Bertz CT molecular complexity index is 478. The average molecular weight is 237 g/mol. The highest BCUT2D eigenvalue weighted by Crippen LogP contribution is 2.26. The van der Waals surface area contributed by atoms with Crippen molar-refractivity contribution in [2.75, 3.05) is 11.5 Å². The fourth-order valence-corrected chi connectivity index (χ4v) is 3.17. The van der Waals surface area contributed by atoms with Crippen LogP contribution in [0, 0.1) is 0 Å². The van der Waals surface area contributed by atoms with E-state index in [4.69, 9.17) is 0 Å². The Kier molecular flexibility index (Phi) is 2.82. The molecule has 0 N–H and O–H groups in total. The maximum Gasteiger partial charge on any atom is 0.0730 e. The van der Waals surface area contributed by atoms with Crippen LogP contribution in [0.1, 0.15) is 32.8 Å². The van der Waals surface area contributed by atoms with E-state index < -0.39 is 9.73 Å². The Balaban J connectivity index is 2.27. The van der Waals surface area contributed by atoms with Gasteiger partial charge in [-0.05, 0) is 29.5 Å². The molecule has 0 bridgehead atoms. The van der Waals surface area contributed by atoms with Crippen molar-refractivity contribution in [1.82, 2.24) is 0 Å². The highest BCUT2D eigenvalue weighted by Gasteiger charge is 2.19. The van der Waals surface area contributed by atoms with E-state index >= 15 is 0 Å². The number of rotatable bonds is 1. The van der Waals surface area contributed by atoms with Crippen molar-refractivity contribution in [1.29, 1.82) is 0 Å². The van der Waals surface area contributed by atoms with E-state index in [2.05, 4.69) is 37.3 Å². The van der Waals surface area contributed by atoms with Crippen LogP contribution in [0.5, 0.6) is 0 Å². The number of hydrogen-bond acceptors (Lipinski definition) is 2. The summed E-state index contributed by atoms with van der Waals surface area (Å²) >= 11 is 0. The normalized spacial score (nSPS) is 18.9. The standard InChI is InChI=1S/C13H19NOS/c1-13(2,3)11-5-7-12(8-6-11)14-16(15)9-4-10-16/h5-8H,4,9-10H2,1-3H3. The van der Waals surface area contributed by atoms with Gasteiger partial charge in [-0.2, -0.15) is 4.36 Å². The van der Waals surface area contributed by atoms with Crippen LogP contribution in [0.4, 0.5) is 5.69 Å². The Hall–Kier alpha value is -0.830.